The molecule has 0 unspecified atom stereocenters. The normalized spacial score (nSPS) is 20.2. The Hall–Kier alpha value is -0.780. The minimum Gasteiger partial charge on any atom is -0.0617 e. The van der Waals surface area contributed by atoms with Crippen LogP contribution in [0.1, 0.15) is 70.9 Å². The van der Waals surface area contributed by atoms with Crippen molar-refractivity contribution in [1.29, 1.82) is 0 Å². The average molecular weight is 230 g/mol. The van der Waals surface area contributed by atoms with Gasteiger partial charge in [-0.2, -0.15) is 0 Å². The van der Waals surface area contributed by atoms with Gasteiger partial charge in [-0.3, -0.25) is 0 Å². The van der Waals surface area contributed by atoms with Crippen molar-refractivity contribution in [2.75, 3.05) is 0 Å². The van der Waals surface area contributed by atoms with Crippen LogP contribution < -0.4 is 0 Å². The quantitative estimate of drug-likeness (QED) is 0.621. The SMILES string of the molecule is CC(C)(C)c1cccc(C2(C)CCCCC2)c1. The molecule has 0 nitrogen and oxygen atoms in total. The number of rotatable bonds is 1. The van der Waals surface area contributed by atoms with Crippen LogP contribution >= 0.6 is 0 Å². The van der Waals surface area contributed by atoms with Crippen LogP contribution in [0, 0.1) is 0 Å². The molecule has 0 atom stereocenters. The number of hydrogen-bond acceptors (Lipinski definition) is 0. The Morgan fingerprint density at radius 1 is 1.00 bits per heavy atom. The van der Waals surface area contributed by atoms with Crippen LogP contribution in [-0.4, -0.2) is 0 Å². The van der Waals surface area contributed by atoms with Crippen LogP contribution in [0.4, 0.5) is 0 Å². The molecule has 0 heterocycles. The highest BCUT2D eigenvalue weighted by Crippen LogP contribution is 2.40. The van der Waals surface area contributed by atoms with E-state index in [1.807, 2.05) is 0 Å². The van der Waals surface area contributed by atoms with Gasteiger partial charge in [-0.25, -0.2) is 0 Å². The van der Waals surface area contributed by atoms with Gasteiger partial charge in [0.25, 0.3) is 0 Å². The predicted octanol–water partition coefficient (Wildman–Crippen LogP) is 5.21. The Bertz CT molecular complexity index is 375. The molecule has 0 radical (unpaired) electrons. The Balaban J connectivity index is 2.32. The standard InChI is InChI=1S/C17H26/c1-16(2,3)14-9-8-10-15(13-14)17(4)11-6-5-7-12-17/h8-10,13H,5-7,11-12H2,1-4H3. The van der Waals surface area contributed by atoms with Gasteiger partial charge in [0, 0.05) is 0 Å². The molecule has 1 aromatic rings. The molecular formula is C17H26. The van der Waals surface area contributed by atoms with Gasteiger partial charge < -0.3 is 0 Å². The van der Waals surface area contributed by atoms with Crippen LogP contribution in [0.25, 0.3) is 0 Å². The first kappa shape index (κ1) is 12.7. The molecule has 0 bridgehead atoms. The summed E-state index contributed by atoms with van der Waals surface area (Å²) in [5.41, 5.74) is 3.73. The molecule has 1 aliphatic rings. The lowest BCUT2D eigenvalue weighted by atomic mass is 9.70. The molecule has 1 aromatic carbocycles. The minimum absolute atomic E-state index is 0.265. The highest BCUT2D eigenvalue weighted by atomic mass is 14.3. The van der Waals surface area contributed by atoms with Crippen molar-refractivity contribution >= 4 is 0 Å². The zero-order valence-corrected chi connectivity index (χ0v) is 11.8. The van der Waals surface area contributed by atoms with Gasteiger partial charge in [0.05, 0.1) is 0 Å². The Morgan fingerprint density at radius 2 is 1.65 bits per heavy atom. The molecule has 0 heteroatoms. The average Bonchev–Trinajstić information content (AvgIpc) is 2.29. The van der Waals surface area contributed by atoms with Gasteiger partial charge >= 0.3 is 0 Å². The molecule has 0 N–H and O–H groups in total. The van der Waals surface area contributed by atoms with Gasteiger partial charge in [-0.05, 0) is 34.8 Å². The van der Waals surface area contributed by atoms with Crippen LogP contribution in [0.2, 0.25) is 0 Å². The zero-order valence-electron chi connectivity index (χ0n) is 11.8. The number of hydrogen-bond donors (Lipinski definition) is 0. The van der Waals surface area contributed by atoms with Crippen molar-refractivity contribution in [1.82, 2.24) is 0 Å². The maximum absolute atomic E-state index is 2.45. The first-order valence-electron chi connectivity index (χ1n) is 7.03. The highest BCUT2D eigenvalue weighted by Gasteiger charge is 2.29. The Kier molecular flexibility index (Phi) is 3.34. The van der Waals surface area contributed by atoms with Gasteiger partial charge in [0.2, 0.25) is 0 Å². The summed E-state index contributed by atoms with van der Waals surface area (Å²) in [5, 5.41) is 0. The lowest BCUT2D eigenvalue weighted by Crippen LogP contribution is -2.25. The first-order valence-corrected chi connectivity index (χ1v) is 7.03. The van der Waals surface area contributed by atoms with Crippen LogP contribution in [0.3, 0.4) is 0 Å². The van der Waals surface area contributed by atoms with Crippen molar-refractivity contribution in [3.05, 3.63) is 35.4 Å². The molecular weight excluding hydrogens is 204 g/mol. The van der Waals surface area contributed by atoms with Crippen LogP contribution in [0.5, 0.6) is 0 Å². The zero-order chi connectivity index (χ0) is 12.5. The highest BCUT2D eigenvalue weighted by molar-refractivity contribution is 5.33. The van der Waals surface area contributed by atoms with E-state index in [0.717, 1.165) is 0 Å². The molecule has 17 heavy (non-hydrogen) atoms. The van der Waals surface area contributed by atoms with E-state index in [1.165, 1.54) is 37.7 Å². The van der Waals surface area contributed by atoms with Gasteiger partial charge in [-0.15, -0.1) is 0 Å². The molecule has 0 amide bonds. The van der Waals surface area contributed by atoms with Gasteiger partial charge in [-0.1, -0.05) is 71.2 Å². The van der Waals surface area contributed by atoms with Crippen LogP contribution in [0.15, 0.2) is 24.3 Å². The lowest BCUT2D eigenvalue weighted by molar-refractivity contribution is 0.319. The molecule has 1 saturated carbocycles. The minimum atomic E-state index is 0.265. The van der Waals surface area contributed by atoms with Crippen molar-refractivity contribution in [2.24, 2.45) is 0 Å². The van der Waals surface area contributed by atoms with Gasteiger partial charge in [0.15, 0.2) is 0 Å². The van der Waals surface area contributed by atoms with Crippen molar-refractivity contribution < 1.29 is 0 Å². The summed E-state index contributed by atoms with van der Waals surface area (Å²) in [4.78, 5) is 0. The van der Waals surface area contributed by atoms with Crippen molar-refractivity contribution in [3.63, 3.8) is 0 Å². The molecule has 94 valence electrons. The molecule has 0 aliphatic heterocycles. The third kappa shape index (κ3) is 2.73. The van der Waals surface area contributed by atoms with E-state index in [-0.39, 0.29) is 5.41 Å². The fraction of sp³-hybridized carbons (Fsp3) is 0.647. The van der Waals surface area contributed by atoms with Crippen molar-refractivity contribution in [2.45, 2.75) is 70.6 Å². The van der Waals surface area contributed by atoms with Crippen molar-refractivity contribution in [3.8, 4) is 0 Å². The summed E-state index contributed by atoms with van der Waals surface area (Å²) in [7, 11) is 0. The van der Waals surface area contributed by atoms with E-state index in [0.29, 0.717) is 5.41 Å². The molecule has 0 aromatic heterocycles. The molecule has 0 saturated heterocycles. The second-order valence-corrected chi connectivity index (χ2v) is 6.95. The van der Waals surface area contributed by atoms with E-state index < -0.39 is 0 Å². The summed E-state index contributed by atoms with van der Waals surface area (Å²) in [6, 6.07) is 9.30. The summed E-state index contributed by atoms with van der Waals surface area (Å²) < 4.78 is 0. The van der Waals surface area contributed by atoms with E-state index in [4.69, 9.17) is 0 Å². The van der Waals surface area contributed by atoms with E-state index in [2.05, 4.69) is 52.0 Å². The Morgan fingerprint density at radius 3 is 2.24 bits per heavy atom. The van der Waals surface area contributed by atoms with Gasteiger partial charge in [0.1, 0.15) is 0 Å². The summed E-state index contributed by atoms with van der Waals surface area (Å²) in [6.07, 6.45) is 6.95. The Labute approximate surface area is 106 Å². The largest absolute Gasteiger partial charge is 0.0617 e. The van der Waals surface area contributed by atoms with E-state index >= 15 is 0 Å². The molecule has 1 fully saturated rings. The fourth-order valence-corrected chi connectivity index (χ4v) is 2.98. The van der Waals surface area contributed by atoms with E-state index in [1.54, 1.807) is 5.56 Å². The molecule has 0 spiro atoms. The topological polar surface area (TPSA) is 0 Å². The second-order valence-electron chi connectivity index (χ2n) is 6.95. The first-order chi connectivity index (χ1) is 7.92. The third-order valence-corrected chi connectivity index (χ3v) is 4.38. The fourth-order valence-electron chi connectivity index (χ4n) is 2.98. The number of benzene rings is 1. The summed E-state index contributed by atoms with van der Waals surface area (Å²) in [5.74, 6) is 0. The summed E-state index contributed by atoms with van der Waals surface area (Å²) >= 11 is 0. The second kappa shape index (κ2) is 4.48. The maximum Gasteiger partial charge on any atom is -0.00751 e. The molecule has 1 aliphatic carbocycles. The van der Waals surface area contributed by atoms with Crippen LogP contribution in [-0.2, 0) is 10.8 Å². The van der Waals surface area contributed by atoms with E-state index in [9.17, 15) is 0 Å². The monoisotopic (exact) mass is 230 g/mol. The third-order valence-electron chi connectivity index (χ3n) is 4.38. The smallest absolute Gasteiger partial charge is 0.00751 e. The predicted molar refractivity (Wildman–Crippen MR) is 75.6 cm³/mol. The molecule has 2 rings (SSSR count). The summed E-state index contributed by atoms with van der Waals surface area (Å²) in [6.45, 7) is 9.36. The lowest BCUT2D eigenvalue weighted by Gasteiger charge is -2.35. The maximum atomic E-state index is 2.45.